The van der Waals surface area contributed by atoms with E-state index in [1.165, 1.54) is 12.8 Å². The van der Waals surface area contributed by atoms with E-state index in [0.29, 0.717) is 23.2 Å². The Balaban J connectivity index is 1.63. The maximum Gasteiger partial charge on any atom is 0.257 e. The Bertz CT molecular complexity index is 473. The van der Waals surface area contributed by atoms with Crippen LogP contribution in [0.5, 0.6) is 5.75 Å². The van der Waals surface area contributed by atoms with Crippen molar-refractivity contribution in [2.24, 2.45) is 5.92 Å². The van der Waals surface area contributed by atoms with E-state index in [2.05, 4.69) is 10.6 Å². The summed E-state index contributed by atoms with van der Waals surface area (Å²) in [7, 11) is 0. The monoisotopic (exact) mass is 310 g/mol. The van der Waals surface area contributed by atoms with Crippen LogP contribution >= 0.6 is 11.6 Å². The lowest BCUT2D eigenvalue weighted by molar-refractivity contribution is -0.123. The summed E-state index contributed by atoms with van der Waals surface area (Å²) in [5.74, 6) is 1.27. The molecule has 1 unspecified atom stereocenters. The number of halogens is 1. The van der Waals surface area contributed by atoms with E-state index in [1.54, 1.807) is 12.1 Å². The number of hydrogen-bond acceptors (Lipinski definition) is 3. The van der Waals surface area contributed by atoms with Crippen LogP contribution in [-0.2, 0) is 4.79 Å². The summed E-state index contributed by atoms with van der Waals surface area (Å²) in [6.45, 7) is 4.86. The van der Waals surface area contributed by atoms with Gasteiger partial charge in [0.15, 0.2) is 6.61 Å². The molecule has 1 aromatic carbocycles. The van der Waals surface area contributed by atoms with Gasteiger partial charge in [0.25, 0.3) is 5.91 Å². The highest BCUT2D eigenvalue weighted by Crippen LogP contribution is 2.20. The van der Waals surface area contributed by atoms with Crippen molar-refractivity contribution in [1.29, 1.82) is 0 Å². The minimum absolute atomic E-state index is 0.0456. The molecule has 1 fully saturated rings. The number of amides is 1. The Morgan fingerprint density at radius 1 is 1.52 bits per heavy atom. The van der Waals surface area contributed by atoms with Crippen LogP contribution in [0.1, 0.15) is 24.8 Å². The smallest absolute Gasteiger partial charge is 0.257 e. The SMILES string of the molecule is Cc1cc(OCC(=O)NCCC2CCCNC2)ccc1Cl. The maximum absolute atomic E-state index is 11.7. The van der Waals surface area contributed by atoms with Crippen LogP contribution < -0.4 is 15.4 Å². The van der Waals surface area contributed by atoms with Crippen molar-refractivity contribution in [2.75, 3.05) is 26.2 Å². The third-order valence-electron chi connectivity index (χ3n) is 3.77. The van der Waals surface area contributed by atoms with Gasteiger partial charge >= 0.3 is 0 Å². The van der Waals surface area contributed by atoms with Crippen molar-refractivity contribution in [3.05, 3.63) is 28.8 Å². The Hall–Kier alpha value is -1.26. The first-order valence-corrected chi connectivity index (χ1v) is 7.89. The zero-order chi connectivity index (χ0) is 15.1. The molecule has 1 aliphatic heterocycles. The second-order valence-corrected chi connectivity index (χ2v) is 5.96. The molecule has 0 aliphatic carbocycles. The Morgan fingerprint density at radius 2 is 2.38 bits per heavy atom. The van der Waals surface area contributed by atoms with Gasteiger partial charge in [-0.3, -0.25) is 4.79 Å². The molecule has 0 saturated carbocycles. The normalized spacial score (nSPS) is 18.3. The average Bonchev–Trinajstić information content (AvgIpc) is 2.49. The highest BCUT2D eigenvalue weighted by molar-refractivity contribution is 6.31. The van der Waals surface area contributed by atoms with Crippen molar-refractivity contribution >= 4 is 17.5 Å². The van der Waals surface area contributed by atoms with Gasteiger partial charge in [0.1, 0.15) is 5.75 Å². The van der Waals surface area contributed by atoms with E-state index < -0.39 is 0 Å². The Labute approximate surface area is 131 Å². The number of carbonyl (C=O) groups is 1. The molecule has 0 spiro atoms. The largest absolute Gasteiger partial charge is 0.484 e. The molecule has 0 bridgehead atoms. The zero-order valence-corrected chi connectivity index (χ0v) is 13.2. The number of piperidine rings is 1. The summed E-state index contributed by atoms with van der Waals surface area (Å²) < 4.78 is 5.46. The summed E-state index contributed by atoms with van der Waals surface area (Å²) in [6.07, 6.45) is 3.51. The van der Waals surface area contributed by atoms with Crippen molar-refractivity contribution < 1.29 is 9.53 Å². The van der Waals surface area contributed by atoms with Gasteiger partial charge in [-0.05, 0) is 69.0 Å². The summed E-state index contributed by atoms with van der Waals surface area (Å²) in [5, 5.41) is 6.99. The molecule has 1 aliphatic rings. The van der Waals surface area contributed by atoms with Crippen LogP contribution in [0.15, 0.2) is 18.2 Å². The van der Waals surface area contributed by atoms with Crippen molar-refractivity contribution in [2.45, 2.75) is 26.2 Å². The second-order valence-electron chi connectivity index (χ2n) is 5.55. The highest BCUT2D eigenvalue weighted by Gasteiger charge is 2.12. The molecule has 5 heteroatoms. The van der Waals surface area contributed by atoms with Crippen LogP contribution in [0.25, 0.3) is 0 Å². The first-order valence-electron chi connectivity index (χ1n) is 7.51. The number of nitrogens with one attached hydrogen (secondary N) is 2. The molecule has 1 saturated heterocycles. The molecule has 116 valence electrons. The van der Waals surface area contributed by atoms with Crippen LogP contribution in [0.4, 0.5) is 0 Å². The van der Waals surface area contributed by atoms with E-state index in [4.69, 9.17) is 16.3 Å². The van der Waals surface area contributed by atoms with Gasteiger partial charge in [-0.25, -0.2) is 0 Å². The number of rotatable bonds is 6. The van der Waals surface area contributed by atoms with Gasteiger partial charge in [-0.2, -0.15) is 0 Å². The topological polar surface area (TPSA) is 50.4 Å². The molecule has 1 amide bonds. The number of carbonyl (C=O) groups excluding carboxylic acids is 1. The van der Waals surface area contributed by atoms with Gasteiger partial charge in [-0.1, -0.05) is 11.6 Å². The summed E-state index contributed by atoms with van der Waals surface area (Å²) >= 11 is 5.95. The van der Waals surface area contributed by atoms with Gasteiger partial charge in [0.2, 0.25) is 0 Å². The Kier molecular flexibility index (Phi) is 6.33. The van der Waals surface area contributed by atoms with E-state index in [9.17, 15) is 4.79 Å². The quantitative estimate of drug-likeness (QED) is 0.849. The lowest BCUT2D eigenvalue weighted by Crippen LogP contribution is -2.34. The van der Waals surface area contributed by atoms with E-state index >= 15 is 0 Å². The van der Waals surface area contributed by atoms with E-state index in [0.717, 1.165) is 25.1 Å². The first-order chi connectivity index (χ1) is 10.1. The lowest BCUT2D eigenvalue weighted by atomic mass is 9.96. The zero-order valence-electron chi connectivity index (χ0n) is 12.5. The van der Waals surface area contributed by atoms with Crippen LogP contribution in [0.3, 0.4) is 0 Å². The molecule has 1 aromatic rings. The van der Waals surface area contributed by atoms with Crippen LogP contribution in [0, 0.1) is 12.8 Å². The van der Waals surface area contributed by atoms with Crippen molar-refractivity contribution in [3.8, 4) is 5.75 Å². The molecule has 0 radical (unpaired) electrons. The van der Waals surface area contributed by atoms with Crippen molar-refractivity contribution in [1.82, 2.24) is 10.6 Å². The average molecular weight is 311 g/mol. The van der Waals surface area contributed by atoms with Gasteiger partial charge in [0.05, 0.1) is 0 Å². The highest BCUT2D eigenvalue weighted by atomic mass is 35.5. The van der Waals surface area contributed by atoms with Crippen LogP contribution in [0.2, 0.25) is 5.02 Å². The third kappa shape index (κ3) is 5.56. The lowest BCUT2D eigenvalue weighted by Gasteiger charge is -2.22. The fourth-order valence-corrected chi connectivity index (χ4v) is 2.61. The first kappa shape index (κ1) is 16.1. The molecule has 1 heterocycles. The van der Waals surface area contributed by atoms with Gasteiger partial charge in [0, 0.05) is 11.6 Å². The van der Waals surface area contributed by atoms with E-state index in [1.807, 2.05) is 13.0 Å². The standard InChI is InChI=1S/C16H23ClN2O2/c1-12-9-14(4-5-15(12)17)21-11-16(20)19-8-6-13-3-2-7-18-10-13/h4-5,9,13,18H,2-3,6-8,10-11H2,1H3,(H,19,20). The molecule has 2 rings (SSSR count). The second kappa shape index (κ2) is 8.25. The number of aryl methyl sites for hydroxylation is 1. The van der Waals surface area contributed by atoms with E-state index in [-0.39, 0.29) is 12.5 Å². The molecular weight excluding hydrogens is 288 g/mol. The minimum Gasteiger partial charge on any atom is -0.484 e. The predicted molar refractivity (Wildman–Crippen MR) is 84.9 cm³/mol. The molecular formula is C16H23ClN2O2. The van der Waals surface area contributed by atoms with Gasteiger partial charge < -0.3 is 15.4 Å². The summed E-state index contributed by atoms with van der Waals surface area (Å²) in [6, 6.07) is 5.39. The third-order valence-corrected chi connectivity index (χ3v) is 4.20. The van der Waals surface area contributed by atoms with Gasteiger partial charge in [-0.15, -0.1) is 0 Å². The molecule has 0 aromatic heterocycles. The molecule has 4 nitrogen and oxygen atoms in total. The number of benzene rings is 1. The molecule has 21 heavy (non-hydrogen) atoms. The maximum atomic E-state index is 11.7. The summed E-state index contributed by atoms with van der Waals surface area (Å²) in [5.41, 5.74) is 0.944. The molecule has 2 N–H and O–H groups in total. The fourth-order valence-electron chi connectivity index (χ4n) is 2.49. The molecule has 1 atom stereocenters. The van der Waals surface area contributed by atoms with Crippen LogP contribution in [-0.4, -0.2) is 32.1 Å². The number of ether oxygens (including phenoxy) is 1. The fraction of sp³-hybridized carbons (Fsp3) is 0.562. The predicted octanol–water partition coefficient (Wildman–Crippen LogP) is 2.53. The minimum atomic E-state index is -0.0774. The summed E-state index contributed by atoms with van der Waals surface area (Å²) in [4.78, 5) is 11.7. The Morgan fingerprint density at radius 3 is 3.10 bits per heavy atom. The number of hydrogen-bond donors (Lipinski definition) is 2. The van der Waals surface area contributed by atoms with Crippen molar-refractivity contribution in [3.63, 3.8) is 0 Å².